The maximum Gasteiger partial charge on any atom is 0.437 e. The predicted octanol–water partition coefficient (Wildman–Crippen LogP) is 4.37. The van der Waals surface area contributed by atoms with E-state index in [2.05, 4.69) is 25.4 Å². The fourth-order valence-corrected chi connectivity index (χ4v) is 3.43. The van der Waals surface area contributed by atoms with Gasteiger partial charge in [0.2, 0.25) is 0 Å². The third kappa shape index (κ3) is 6.96. The van der Waals surface area contributed by atoms with Crippen LogP contribution in [0.1, 0.15) is 18.1 Å². The molecule has 0 aromatic heterocycles. The van der Waals surface area contributed by atoms with Crippen LogP contribution >= 0.6 is 15.9 Å². The fourth-order valence-electron chi connectivity index (χ4n) is 2.21. The summed E-state index contributed by atoms with van der Waals surface area (Å²) in [5, 5.41) is 2.87. The summed E-state index contributed by atoms with van der Waals surface area (Å²) in [4.78, 5) is 11.0. The summed E-state index contributed by atoms with van der Waals surface area (Å²) in [6, 6.07) is 8.50. The Bertz CT molecular complexity index is 1070. The number of alkyl halides is 3. The van der Waals surface area contributed by atoms with E-state index in [9.17, 15) is 26.4 Å². The lowest BCUT2D eigenvalue weighted by molar-refractivity contribution is -0.145. The molecule has 0 saturated carbocycles. The second-order valence-corrected chi connectivity index (χ2v) is 8.40. The van der Waals surface area contributed by atoms with Crippen LogP contribution in [0.4, 0.5) is 13.2 Å². The van der Waals surface area contributed by atoms with Crippen LogP contribution in [0.2, 0.25) is 0 Å². The van der Waals surface area contributed by atoms with Gasteiger partial charge in [0.15, 0.2) is 12.3 Å². The minimum Gasteiger partial charge on any atom is -0.481 e. The van der Waals surface area contributed by atoms with Gasteiger partial charge in [0.25, 0.3) is 0 Å². The second kappa shape index (κ2) is 10.1. The quantitative estimate of drug-likeness (QED) is 0.290. The van der Waals surface area contributed by atoms with Crippen LogP contribution in [-0.2, 0) is 23.9 Å². The molecule has 31 heavy (non-hydrogen) atoms. The van der Waals surface area contributed by atoms with Crippen molar-refractivity contribution in [1.29, 1.82) is 0 Å². The number of carbonyl (C=O) groups excluding carboxylic acids is 1. The van der Waals surface area contributed by atoms with Gasteiger partial charge in [-0.05, 0) is 60.1 Å². The maximum absolute atomic E-state index is 13.5. The molecule has 0 heterocycles. The molecule has 0 radical (unpaired) electrons. The van der Waals surface area contributed by atoms with E-state index in [0.717, 1.165) is 23.8 Å². The van der Waals surface area contributed by atoms with Crippen LogP contribution in [0.3, 0.4) is 0 Å². The van der Waals surface area contributed by atoms with Crippen LogP contribution in [0.25, 0.3) is 0 Å². The van der Waals surface area contributed by atoms with Gasteiger partial charge in [-0.3, -0.25) is 4.28 Å². The number of carbonyl (C=O) groups is 1. The topological polar surface area (TPSA) is 91.3 Å². The van der Waals surface area contributed by atoms with Crippen molar-refractivity contribution < 1.29 is 40.1 Å². The average molecular weight is 524 g/mol. The normalized spacial score (nSPS) is 12.4. The molecule has 7 nitrogen and oxygen atoms in total. The lowest BCUT2D eigenvalue weighted by Gasteiger charge is -2.13. The van der Waals surface area contributed by atoms with Crippen LogP contribution in [0.5, 0.6) is 5.75 Å². The summed E-state index contributed by atoms with van der Waals surface area (Å²) in [7, 11) is -4.56. The fraction of sp³-hybridized carbons (Fsp3) is 0.263. The molecule has 2 rings (SSSR count). The van der Waals surface area contributed by atoms with Gasteiger partial charge in [-0.2, -0.15) is 21.6 Å². The number of halogens is 4. The SMILES string of the molecule is CCOC(=O)COc1ccc(/C(=N/OS(=O)(=O)c2ccc(C)cc2)C(F)(F)F)cc1Br. The zero-order valence-corrected chi connectivity index (χ0v) is 18.7. The minimum atomic E-state index is -5.02. The van der Waals surface area contributed by atoms with Crippen molar-refractivity contribution in [2.45, 2.75) is 24.9 Å². The largest absolute Gasteiger partial charge is 0.481 e. The zero-order valence-electron chi connectivity index (χ0n) is 16.3. The Morgan fingerprint density at radius 1 is 1.13 bits per heavy atom. The third-order valence-electron chi connectivity index (χ3n) is 3.66. The number of ether oxygens (including phenoxy) is 2. The number of nitrogens with zero attached hydrogens (tertiary/aromatic N) is 1. The molecule has 0 fully saturated rings. The first kappa shape index (κ1) is 24.7. The molecule has 0 aliphatic carbocycles. The molecule has 0 aliphatic rings. The van der Waals surface area contributed by atoms with Crippen molar-refractivity contribution in [3.8, 4) is 5.75 Å². The van der Waals surface area contributed by atoms with Crippen LogP contribution in [-0.4, -0.2) is 39.5 Å². The summed E-state index contributed by atoms with van der Waals surface area (Å²) >= 11 is 3.05. The molecule has 168 valence electrons. The molecule has 0 bridgehead atoms. The van der Waals surface area contributed by atoms with Gasteiger partial charge < -0.3 is 9.47 Å². The summed E-state index contributed by atoms with van der Waals surface area (Å²) in [5.74, 6) is -0.572. The molecule has 0 atom stereocenters. The van der Waals surface area contributed by atoms with Crippen LogP contribution in [0.15, 0.2) is 57.0 Å². The van der Waals surface area contributed by atoms with Crippen molar-refractivity contribution >= 4 is 37.7 Å². The summed E-state index contributed by atoms with van der Waals surface area (Å²) in [5.41, 5.74) is -1.30. The molecular weight excluding hydrogens is 507 g/mol. The third-order valence-corrected chi connectivity index (χ3v) is 5.40. The van der Waals surface area contributed by atoms with Gasteiger partial charge in [-0.1, -0.05) is 22.9 Å². The first-order chi connectivity index (χ1) is 14.4. The number of oxime groups is 1. The van der Waals surface area contributed by atoms with Gasteiger partial charge in [0.05, 0.1) is 11.1 Å². The molecule has 0 amide bonds. The van der Waals surface area contributed by atoms with Crippen molar-refractivity contribution in [3.63, 3.8) is 0 Å². The van der Waals surface area contributed by atoms with Gasteiger partial charge in [-0.25, -0.2) is 4.79 Å². The summed E-state index contributed by atoms with van der Waals surface area (Å²) in [6.45, 7) is 3.04. The van der Waals surface area contributed by atoms with Crippen molar-refractivity contribution in [2.24, 2.45) is 5.16 Å². The van der Waals surface area contributed by atoms with E-state index in [1.807, 2.05) is 0 Å². The maximum atomic E-state index is 13.5. The number of rotatable bonds is 8. The van der Waals surface area contributed by atoms with E-state index in [-0.39, 0.29) is 21.7 Å². The molecule has 0 N–H and O–H groups in total. The molecule has 2 aromatic rings. The number of benzene rings is 2. The molecule has 0 aliphatic heterocycles. The zero-order chi connectivity index (χ0) is 23.2. The Balaban J connectivity index is 2.29. The monoisotopic (exact) mass is 523 g/mol. The van der Waals surface area contributed by atoms with Crippen molar-refractivity contribution in [1.82, 2.24) is 0 Å². The molecule has 0 unspecified atom stereocenters. The Morgan fingerprint density at radius 2 is 1.77 bits per heavy atom. The van der Waals surface area contributed by atoms with E-state index in [4.69, 9.17) is 9.47 Å². The highest BCUT2D eigenvalue weighted by Gasteiger charge is 2.39. The molecular formula is C19H17BrF3NO6S. The highest BCUT2D eigenvalue weighted by Crippen LogP contribution is 2.30. The molecule has 2 aromatic carbocycles. The smallest absolute Gasteiger partial charge is 0.437 e. The lowest BCUT2D eigenvalue weighted by atomic mass is 10.1. The Labute approximate surface area is 185 Å². The number of esters is 1. The Hall–Kier alpha value is -2.60. The van der Waals surface area contributed by atoms with Crippen molar-refractivity contribution in [3.05, 3.63) is 58.1 Å². The van der Waals surface area contributed by atoms with E-state index in [1.54, 1.807) is 13.8 Å². The highest BCUT2D eigenvalue weighted by atomic mass is 79.9. The summed E-state index contributed by atoms with van der Waals surface area (Å²) < 4.78 is 79.1. The minimum absolute atomic E-state index is 0.0755. The van der Waals surface area contributed by atoms with E-state index >= 15 is 0 Å². The van der Waals surface area contributed by atoms with Gasteiger partial charge in [-0.15, -0.1) is 0 Å². The first-order valence-electron chi connectivity index (χ1n) is 8.68. The van der Waals surface area contributed by atoms with Crippen LogP contribution < -0.4 is 4.74 Å². The molecule has 12 heteroatoms. The van der Waals surface area contributed by atoms with E-state index < -0.39 is 40.1 Å². The van der Waals surface area contributed by atoms with Gasteiger partial charge >= 0.3 is 22.3 Å². The Morgan fingerprint density at radius 3 is 2.32 bits per heavy atom. The number of hydrogen-bond donors (Lipinski definition) is 0. The second-order valence-electron chi connectivity index (χ2n) is 6.02. The van der Waals surface area contributed by atoms with Crippen molar-refractivity contribution in [2.75, 3.05) is 13.2 Å². The van der Waals surface area contributed by atoms with E-state index in [1.165, 1.54) is 24.3 Å². The molecule has 0 saturated heterocycles. The number of hydrogen-bond acceptors (Lipinski definition) is 7. The van der Waals surface area contributed by atoms with Gasteiger partial charge in [0.1, 0.15) is 10.6 Å². The predicted molar refractivity (Wildman–Crippen MR) is 108 cm³/mol. The highest BCUT2D eigenvalue weighted by molar-refractivity contribution is 9.10. The summed E-state index contributed by atoms with van der Waals surface area (Å²) in [6.07, 6.45) is -5.02. The molecule has 0 spiro atoms. The Kier molecular flexibility index (Phi) is 8.07. The van der Waals surface area contributed by atoms with Crippen LogP contribution in [0, 0.1) is 6.92 Å². The van der Waals surface area contributed by atoms with E-state index in [0.29, 0.717) is 0 Å². The first-order valence-corrected chi connectivity index (χ1v) is 10.9. The standard InChI is InChI=1S/C19H17BrF3NO6S/c1-3-28-17(25)11-29-16-9-6-13(10-15(16)20)18(19(21,22)23)24-30-31(26,27)14-7-4-12(2)5-8-14/h4-10H,3,11H2,1-2H3/b24-18-. The number of aryl methyl sites for hydroxylation is 1. The lowest BCUT2D eigenvalue weighted by Crippen LogP contribution is -2.25. The average Bonchev–Trinajstić information content (AvgIpc) is 2.67. The van der Waals surface area contributed by atoms with Gasteiger partial charge in [0, 0.05) is 5.56 Å².